The summed E-state index contributed by atoms with van der Waals surface area (Å²) in [6.07, 6.45) is 2.96. The number of phenols is 2. The van der Waals surface area contributed by atoms with Crippen LogP contribution in [0.15, 0.2) is 36.4 Å². The van der Waals surface area contributed by atoms with Crippen LogP contribution in [0, 0.1) is 0 Å². The highest BCUT2D eigenvalue weighted by atomic mass is 32.1. The molecule has 162 valence electrons. The smallest absolute Gasteiger partial charge is 0.338 e. The Morgan fingerprint density at radius 2 is 1.27 bits per heavy atom. The largest absolute Gasteiger partial charge is 0.504 e. The average molecular weight is 436 g/mol. The quantitative estimate of drug-likeness (QED) is 0.210. The van der Waals surface area contributed by atoms with Crippen LogP contribution in [-0.4, -0.2) is 42.5 Å². The summed E-state index contributed by atoms with van der Waals surface area (Å²) in [5.74, 6) is -0.878. The van der Waals surface area contributed by atoms with Crippen molar-refractivity contribution in [2.45, 2.75) is 25.7 Å². The molecule has 0 heterocycles. The van der Waals surface area contributed by atoms with E-state index < -0.39 is 11.9 Å². The number of hydrogen-bond acceptors (Lipinski definition) is 9. The minimum Gasteiger partial charge on any atom is -0.504 e. The van der Waals surface area contributed by atoms with E-state index in [1.165, 1.54) is 43.5 Å². The zero-order valence-electron chi connectivity index (χ0n) is 16.5. The van der Waals surface area contributed by atoms with Crippen LogP contribution in [0.25, 0.3) is 0 Å². The van der Waals surface area contributed by atoms with Crippen molar-refractivity contribution < 1.29 is 38.2 Å². The third-order valence-electron chi connectivity index (χ3n) is 4.21. The summed E-state index contributed by atoms with van der Waals surface area (Å²) in [6, 6.07) is 8.38. The lowest BCUT2D eigenvalue weighted by Gasteiger charge is -2.08. The molecule has 0 amide bonds. The summed E-state index contributed by atoms with van der Waals surface area (Å²) in [5, 5.41) is 19.0. The Labute approximate surface area is 180 Å². The first kappa shape index (κ1) is 23.2. The molecule has 0 radical (unpaired) electrons. The Balaban J connectivity index is 1.60. The maximum Gasteiger partial charge on any atom is 0.338 e. The normalized spacial score (nSPS) is 10.3. The molecule has 2 N–H and O–H groups in total. The fourth-order valence-electron chi connectivity index (χ4n) is 2.57. The predicted molar refractivity (Wildman–Crippen MR) is 111 cm³/mol. The number of methoxy groups -OCH3 is 1. The number of phenolic OH excluding ortho intramolecular Hbond substituents is 2. The van der Waals surface area contributed by atoms with Crippen LogP contribution in [0.1, 0.15) is 46.4 Å². The molecule has 8 nitrogen and oxygen atoms in total. The fourth-order valence-corrected chi connectivity index (χ4v) is 2.72. The molecule has 2 aromatic rings. The van der Waals surface area contributed by atoms with Gasteiger partial charge in [-0.2, -0.15) is 0 Å². The van der Waals surface area contributed by atoms with E-state index in [9.17, 15) is 19.8 Å². The number of unbranched alkanes of at least 4 members (excludes halogenated alkanes) is 3. The Bertz CT molecular complexity index is 797. The van der Waals surface area contributed by atoms with Gasteiger partial charge in [0.15, 0.2) is 23.0 Å². The van der Waals surface area contributed by atoms with Crippen LogP contribution in [-0.2, 0) is 9.47 Å². The molecule has 0 atom stereocenters. The van der Waals surface area contributed by atoms with Crippen LogP contribution >= 0.6 is 12.9 Å². The summed E-state index contributed by atoms with van der Waals surface area (Å²) in [4.78, 5) is 24.0. The summed E-state index contributed by atoms with van der Waals surface area (Å²) in [6.45, 7) is 0.520. The molecule has 0 fully saturated rings. The number of hydrogen-bond donors (Lipinski definition) is 3. The number of benzene rings is 2. The van der Waals surface area contributed by atoms with Crippen molar-refractivity contribution in [3.8, 4) is 23.0 Å². The summed E-state index contributed by atoms with van der Waals surface area (Å²) < 4.78 is 20.0. The standard InChI is InChI=1S/C21H24O8S/c1-26-18-12-14(6-8-16(18)22)20(24)27-10-4-2-3-5-11-28-21(25)15-7-9-17(23)19(13-15)29-30/h6-9,12-13,22-23,30H,2-5,10-11H2,1H3. The van der Waals surface area contributed by atoms with Crippen LogP contribution in [0.3, 0.4) is 0 Å². The number of carbonyl (C=O) groups excluding carboxylic acids is 2. The van der Waals surface area contributed by atoms with E-state index in [0.29, 0.717) is 18.4 Å². The maximum atomic E-state index is 12.0. The van der Waals surface area contributed by atoms with Gasteiger partial charge in [0.05, 0.1) is 31.5 Å². The molecule has 0 saturated heterocycles. The lowest BCUT2D eigenvalue weighted by atomic mass is 10.2. The first-order valence-electron chi connectivity index (χ1n) is 9.32. The minimum atomic E-state index is -0.514. The molecule has 2 aromatic carbocycles. The van der Waals surface area contributed by atoms with Gasteiger partial charge in [0.2, 0.25) is 0 Å². The van der Waals surface area contributed by atoms with E-state index >= 15 is 0 Å². The Kier molecular flexibility index (Phi) is 9.14. The van der Waals surface area contributed by atoms with Gasteiger partial charge in [0.1, 0.15) is 0 Å². The third-order valence-corrected chi connectivity index (χ3v) is 4.41. The summed E-state index contributed by atoms with van der Waals surface area (Å²) in [7, 11) is 1.40. The van der Waals surface area contributed by atoms with Crippen molar-refractivity contribution in [3.63, 3.8) is 0 Å². The van der Waals surface area contributed by atoms with Gasteiger partial charge in [-0.1, -0.05) is 0 Å². The number of ether oxygens (including phenoxy) is 3. The van der Waals surface area contributed by atoms with Gasteiger partial charge in [0.25, 0.3) is 0 Å². The topological polar surface area (TPSA) is 112 Å². The van der Waals surface area contributed by atoms with Gasteiger partial charge in [-0.3, -0.25) is 0 Å². The second-order valence-electron chi connectivity index (χ2n) is 6.35. The van der Waals surface area contributed by atoms with Gasteiger partial charge in [-0.25, -0.2) is 9.59 Å². The predicted octanol–water partition coefficient (Wildman–Crippen LogP) is 3.90. The highest BCUT2D eigenvalue weighted by Crippen LogP contribution is 2.28. The SMILES string of the molecule is COc1cc(C(=O)OCCCCCCOC(=O)c2ccc(O)c(OS)c2)ccc1O. The highest BCUT2D eigenvalue weighted by Gasteiger charge is 2.12. The van der Waals surface area contributed by atoms with E-state index in [0.717, 1.165) is 12.8 Å². The Morgan fingerprint density at radius 1 is 0.800 bits per heavy atom. The molecular formula is C21H24O8S. The zero-order chi connectivity index (χ0) is 21.9. The zero-order valence-corrected chi connectivity index (χ0v) is 17.4. The fraction of sp³-hybridized carbons (Fsp3) is 0.333. The molecule has 0 unspecified atom stereocenters. The second kappa shape index (κ2) is 11.8. The van der Waals surface area contributed by atoms with Crippen molar-refractivity contribution in [2.75, 3.05) is 20.3 Å². The minimum absolute atomic E-state index is 0.0457. The molecule has 0 aliphatic heterocycles. The lowest BCUT2D eigenvalue weighted by Crippen LogP contribution is -2.07. The monoisotopic (exact) mass is 436 g/mol. The van der Waals surface area contributed by atoms with Gasteiger partial charge in [-0.15, -0.1) is 0 Å². The van der Waals surface area contributed by atoms with E-state index in [2.05, 4.69) is 17.1 Å². The lowest BCUT2D eigenvalue weighted by molar-refractivity contribution is 0.0473. The number of rotatable bonds is 11. The van der Waals surface area contributed by atoms with Crippen LogP contribution < -0.4 is 8.92 Å². The van der Waals surface area contributed by atoms with Gasteiger partial charge < -0.3 is 28.6 Å². The molecule has 0 aromatic heterocycles. The molecular weight excluding hydrogens is 412 g/mol. The van der Waals surface area contributed by atoms with Gasteiger partial charge in [-0.05, 0) is 56.0 Å². The molecule has 0 aliphatic carbocycles. The van der Waals surface area contributed by atoms with Crippen molar-refractivity contribution in [1.29, 1.82) is 0 Å². The van der Waals surface area contributed by atoms with E-state index in [-0.39, 0.29) is 41.8 Å². The first-order chi connectivity index (χ1) is 14.5. The number of esters is 2. The van der Waals surface area contributed by atoms with E-state index in [4.69, 9.17) is 14.2 Å². The average Bonchev–Trinajstić information content (AvgIpc) is 2.75. The number of carbonyl (C=O) groups is 2. The number of thiol groups is 1. The highest BCUT2D eigenvalue weighted by molar-refractivity contribution is 7.75. The second-order valence-corrected chi connectivity index (χ2v) is 6.53. The van der Waals surface area contributed by atoms with Crippen LogP contribution in [0.4, 0.5) is 0 Å². The Hall–Kier alpha value is -3.07. The van der Waals surface area contributed by atoms with Crippen molar-refractivity contribution in [1.82, 2.24) is 0 Å². The van der Waals surface area contributed by atoms with Crippen molar-refractivity contribution in [3.05, 3.63) is 47.5 Å². The van der Waals surface area contributed by atoms with Gasteiger partial charge >= 0.3 is 11.9 Å². The number of aromatic hydroxyl groups is 2. The van der Waals surface area contributed by atoms with E-state index in [1.54, 1.807) is 0 Å². The van der Waals surface area contributed by atoms with Crippen LogP contribution in [0.5, 0.6) is 23.0 Å². The molecule has 0 saturated carbocycles. The Morgan fingerprint density at radius 3 is 1.73 bits per heavy atom. The third kappa shape index (κ3) is 6.77. The summed E-state index contributed by atoms with van der Waals surface area (Å²) >= 11 is 3.61. The molecule has 30 heavy (non-hydrogen) atoms. The van der Waals surface area contributed by atoms with Crippen molar-refractivity contribution >= 4 is 24.8 Å². The summed E-state index contributed by atoms with van der Waals surface area (Å²) in [5.41, 5.74) is 0.562. The van der Waals surface area contributed by atoms with Gasteiger partial charge in [0, 0.05) is 19.0 Å². The van der Waals surface area contributed by atoms with E-state index in [1.807, 2.05) is 0 Å². The maximum absolute atomic E-state index is 12.0. The molecule has 0 bridgehead atoms. The molecule has 0 spiro atoms. The van der Waals surface area contributed by atoms with Crippen LogP contribution in [0.2, 0.25) is 0 Å². The first-order valence-corrected chi connectivity index (χ1v) is 9.68. The molecule has 2 rings (SSSR count). The van der Waals surface area contributed by atoms with Crippen molar-refractivity contribution in [2.24, 2.45) is 0 Å². The molecule has 9 heteroatoms. The molecule has 0 aliphatic rings.